The molecule has 0 saturated heterocycles. The van der Waals surface area contributed by atoms with Gasteiger partial charge in [0.15, 0.2) is 0 Å². The Balaban J connectivity index is 2.14. The van der Waals surface area contributed by atoms with Crippen LogP contribution in [0.25, 0.3) is 0 Å². The van der Waals surface area contributed by atoms with E-state index in [0.29, 0.717) is 0 Å². The van der Waals surface area contributed by atoms with Crippen molar-refractivity contribution >= 4 is 31.9 Å². The summed E-state index contributed by atoms with van der Waals surface area (Å²) in [6, 6.07) is 8.83. The number of rotatable bonds is 2. The molecule has 110 valence electrons. The Bertz CT molecular complexity index is 684. The monoisotopic (exact) mass is 408 g/mol. The lowest BCUT2D eigenvalue weighted by molar-refractivity contribution is 0.354. The highest BCUT2D eigenvalue weighted by atomic mass is 79.9. The lowest BCUT2D eigenvalue weighted by Crippen LogP contribution is -2.02. The van der Waals surface area contributed by atoms with Gasteiger partial charge in [-0.3, -0.25) is 0 Å². The van der Waals surface area contributed by atoms with E-state index >= 15 is 0 Å². The molecule has 0 spiro atoms. The highest BCUT2D eigenvalue weighted by Crippen LogP contribution is 2.44. The molecule has 1 nitrogen and oxygen atoms in total. The number of benzene rings is 2. The van der Waals surface area contributed by atoms with Gasteiger partial charge in [0.25, 0.3) is 0 Å². The summed E-state index contributed by atoms with van der Waals surface area (Å²) in [5.41, 5.74) is 7.81. The minimum Gasteiger partial charge on any atom is -0.493 e. The molecule has 0 bridgehead atoms. The zero-order chi connectivity index (χ0) is 15.1. The number of halogens is 2. The van der Waals surface area contributed by atoms with Crippen molar-refractivity contribution in [2.75, 3.05) is 6.61 Å². The van der Waals surface area contributed by atoms with Crippen molar-refractivity contribution in [1.29, 1.82) is 0 Å². The fourth-order valence-electron chi connectivity index (χ4n) is 3.23. The van der Waals surface area contributed by atoms with Crippen LogP contribution in [0.5, 0.6) is 5.75 Å². The standard InChI is InChI=1S/C18H18Br2O/c1-10-6-11(2)16(12(3)7-10)17(20)15-9-14(19)8-13-4-5-21-18(13)15/h6-9,17H,4-5H2,1-3H3. The molecular weight excluding hydrogens is 392 g/mol. The highest BCUT2D eigenvalue weighted by molar-refractivity contribution is 9.10. The molecule has 1 aliphatic heterocycles. The van der Waals surface area contributed by atoms with Gasteiger partial charge in [-0.25, -0.2) is 0 Å². The predicted octanol–water partition coefficient (Wildman–Crippen LogP) is 5.79. The van der Waals surface area contributed by atoms with Gasteiger partial charge in [-0.2, -0.15) is 0 Å². The number of hydrogen-bond acceptors (Lipinski definition) is 1. The van der Waals surface area contributed by atoms with E-state index < -0.39 is 0 Å². The lowest BCUT2D eigenvalue weighted by Gasteiger charge is -2.20. The van der Waals surface area contributed by atoms with Gasteiger partial charge in [-0.1, -0.05) is 49.6 Å². The van der Waals surface area contributed by atoms with E-state index in [1.165, 1.54) is 33.4 Å². The number of aryl methyl sites for hydroxylation is 3. The molecule has 0 aliphatic carbocycles. The van der Waals surface area contributed by atoms with Gasteiger partial charge in [0.1, 0.15) is 5.75 Å². The summed E-state index contributed by atoms with van der Waals surface area (Å²) in [4.78, 5) is 0.155. The van der Waals surface area contributed by atoms with Gasteiger partial charge in [-0.15, -0.1) is 0 Å². The summed E-state index contributed by atoms with van der Waals surface area (Å²) in [6.45, 7) is 7.29. The van der Waals surface area contributed by atoms with Gasteiger partial charge in [0.05, 0.1) is 11.4 Å². The fraction of sp³-hybridized carbons (Fsp3) is 0.333. The van der Waals surface area contributed by atoms with E-state index in [-0.39, 0.29) is 4.83 Å². The summed E-state index contributed by atoms with van der Waals surface area (Å²) in [6.07, 6.45) is 0.993. The Labute approximate surface area is 143 Å². The zero-order valence-corrected chi connectivity index (χ0v) is 15.6. The van der Waals surface area contributed by atoms with E-state index in [1.54, 1.807) is 0 Å². The van der Waals surface area contributed by atoms with Crippen LogP contribution < -0.4 is 4.74 Å². The summed E-state index contributed by atoms with van der Waals surface area (Å²) in [5, 5.41) is 0. The summed E-state index contributed by atoms with van der Waals surface area (Å²) in [5.74, 6) is 1.06. The van der Waals surface area contributed by atoms with Crippen LogP contribution in [0, 0.1) is 20.8 Å². The SMILES string of the molecule is Cc1cc(C)c(C(Br)c2cc(Br)cc3c2OCC3)c(C)c1. The van der Waals surface area contributed by atoms with Crippen molar-refractivity contribution in [2.24, 2.45) is 0 Å². The van der Waals surface area contributed by atoms with E-state index in [0.717, 1.165) is 23.2 Å². The molecule has 0 saturated carbocycles. The summed E-state index contributed by atoms with van der Waals surface area (Å²) in [7, 11) is 0. The third-order valence-corrected chi connectivity index (χ3v) is 5.45. The maximum atomic E-state index is 5.88. The number of hydrogen-bond donors (Lipinski definition) is 0. The maximum Gasteiger partial charge on any atom is 0.127 e. The van der Waals surface area contributed by atoms with Crippen molar-refractivity contribution < 1.29 is 4.74 Å². The lowest BCUT2D eigenvalue weighted by atomic mass is 9.93. The molecule has 0 N–H and O–H groups in total. The molecule has 1 atom stereocenters. The molecule has 2 aromatic rings. The van der Waals surface area contributed by atoms with Crippen LogP contribution in [0.4, 0.5) is 0 Å². The van der Waals surface area contributed by atoms with Crippen LogP contribution in [0.3, 0.4) is 0 Å². The molecule has 1 unspecified atom stereocenters. The van der Waals surface area contributed by atoms with E-state index in [2.05, 4.69) is 76.9 Å². The minimum atomic E-state index is 0.155. The Kier molecular flexibility index (Phi) is 4.15. The van der Waals surface area contributed by atoms with Gasteiger partial charge in [-0.05, 0) is 55.2 Å². The Morgan fingerprint density at radius 2 is 1.71 bits per heavy atom. The molecule has 0 amide bonds. The molecule has 3 heteroatoms. The second-order valence-corrected chi connectivity index (χ2v) is 7.59. The van der Waals surface area contributed by atoms with E-state index in [1.807, 2.05) is 0 Å². The van der Waals surface area contributed by atoms with E-state index in [4.69, 9.17) is 4.74 Å². The van der Waals surface area contributed by atoms with Crippen LogP contribution in [-0.2, 0) is 6.42 Å². The van der Waals surface area contributed by atoms with Gasteiger partial charge in [0, 0.05) is 16.5 Å². The van der Waals surface area contributed by atoms with Gasteiger partial charge < -0.3 is 4.74 Å². The molecule has 0 fully saturated rings. The largest absolute Gasteiger partial charge is 0.493 e. The van der Waals surface area contributed by atoms with Crippen LogP contribution in [0.1, 0.15) is 38.2 Å². The average molecular weight is 410 g/mol. The predicted molar refractivity (Wildman–Crippen MR) is 94.8 cm³/mol. The van der Waals surface area contributed by atoms with Crippen molar-refractivity contribution in [2.45, 2.75) is 32.0 Å². The van der Waals surface area contributed by atoms with Gasteiger partial charge in [0.2, 0.25) is 0 Å². The Hall–Kier alpha value is -0.800. The summed E-state index contributed by atoms with van der Waals surface area (Å²) >= 11 is 7.54. The van der Waals surface area contributed by atoms with Crippen LogP contribution in [0.2, 0.25) is 0 Å². The quantitative estimate of drug-likeness (QED) is 0.570. The minimum absolute atomic E-state index is 0.155. The van der Waals surface area contributed by atoms with Crippen LogP contribution in [-0.4, -0.2) is 6.61 Å². The third-order valence-electron chi connectivity index (χ3n) is 4.04. The molecule has 1 heterocycles. The molecular formula is C18H18Br2O. The molecule has 21 heavy (non-hydrogen) atoms. The number of alkyl halides is 1. The second kappa shape index (κ2) is 5.77. The topological polar surface area (TPSA) is 9.23 Å². The fourth-order valence-corrected chi connectivity index (χ4v) is 4.82. The summed E-state index contributed by atoms with van der Waals surface area (Å²) < 4.78 is 7.00. The second-order valence-electron chi connectivity index (χ2n) is 5.76. The average Bonchev–Trinajstić information content (AvgIpc) is 2.84. The molecule has 0 aromatic heterocycles. The van der Waals surface area contributed by atoms with Crippen molar-refractivity contribution in [3.05, 3.63) is 62.1 Å². The first-order chi connectivity index (χ1) is 9.97. The first kappa shape index (κ1) is 15.1. The first-order valence-corrected chi connectivity index (χ1v) is 8.85. The zero-order valence-electron chi connectivity index (χ0n) is 12.5. The normalized spacial score (nSPS) is 14.7. The number of ether oxygens (including phenoxy) is 1. The highest BCUT2D eigenvalue weighted by Gasteiger charge is 2.24. The molecule has 1 aliphatic rings. The third kappa shape index (κ3) is 2.78. The van der Waals surface area contributed by atoms with E-state index in [9.17, 15) is 0 Å². The molecule has 3 rings (SSSR count). The van der Waals surface area contributed by atoms with Crippen molar-refractivity contribution in [3.63, 3.8) is 0 Å². The number of fused-ring (bicyclic) bond motifs is 1. The maximum absolute atomic E-state index is 5.88. The first-order valence-electron chi connectivity index (χ1n) is 7.14. The van der Waals surface area contributed by atoms with Crippen molar-refractivity contribution in [1.82, 2.24) is 0 Å². The van der Waals surface area contributed by atoms with Crippen LogP contribution >= 0.6 is 31.9 Å². The Morgan fingerprint density at radius 3 is 2.38 bits per heavy atom. The molecule has 0 radical (unpaired) electrons. The van der Waals surface area contributed by atoms with Crippen molar-refractivity contribution in [3.8, 4) is 5.75 Å². The molecule has 2 aromatic carbocycles. The Morgan fingerprint density at radius 1 is 1.05 bits per heavy atom. The van der Waals surface area contributed by atoms with Gasteiger partial charge >= 0.3 is 0 Å². The smallest absolute Gasteiger partial charge is 0.127 e. The van der Waals surface area contributed by atoms with Crippen LogP contribution in [0.15, 0.2) is 28.7 Å².